The van der Waals surface area contributed by atoms with Gasteiger partial charge in [-0.2, -0.15) is 0 Å². The Balaban J connectivity index is 1.19. The lowest BCUT2D eigenvalue weighted by Crippen LogP contribution is -2.26. The van der Waals surface area contributed by atoms with E-state index in [9.17, 15) is 0 Å². The summed E-state index contributed by atoms with van der Waals surface area (Å²) in [5.41, 5.74) is 12.0. The number of benzene rings is 5. The zero-order valence-electron chi connectivity index (χ0n) is 39.6. The Bertz CT molecular complexity index is 2780. The van der Waals surface area contributed by atoms with Gasteiger partial charge in [-0.3, -0.25) is 4.57 Å². The molecule has 5 heteroatoms. The quantitative estimate of drug-likeness (QED) is 0.160. The lowest BCUT2D eigenvalue weighted by Gasteiger charge is -2.29. The maximum atomic E-state index is 6.94. The van der Waals surface area contributed by atoms with Gasteiger partial charge in [0.1, 0.15) is 17.3 Å². The van der Waals surface area contributed by atoms with Gasteiger partial charge in [-0.15, -0.1) is 0 Å². The van der Waals surface area contributed by atoms with E-state index < -0.39 is 0 Å². The molecule has 0 bridgehead atoms. The highest BCUT2D eigenvalue weighted by molar-refractivity contribution is 6.09. The molecule has 0 aliphatic carbocycles. The van der Waals surface area contributed by atoms with Gasteiger partial charge < -0.3 is 14.5 Å². The van der Waals surface area contributed by atoms with E-state index in [1.807, 2.05) is 6.20 Å². The molecule has 5 aromatic carbocycles. The standard InChI is InChI=1S/C57H66N4O/c1-53(2,3)39-20-23-50-49(33-39)48-22-21-46(36-51(48)61(50)52-34-40(24-25-58-52)57(13,14)38-18-16-15-17-19-38)62-47-32-43(56(10,11)12)31-45(35-47)60-27-26-59(37-60)44-29-41(54(4,5)6)28-42(30-44)55(7,8)9/h15-36H,37H2,1-14H3. The second kappa shape index (κ2) is 15.2. The topological polar surface area (TPSA) is 33.5 Å². The number of hydrogen-bond donors (Lipinski definition) is 0. The van der Waals surface area contributed by atoms with Crippen molar-refractivity contribution in [2.75, 3.05) is 16.5 Å². The Labute approximate surface area is 371 Å². The van der Waals surface area contributed by atoms with Crippen LogP contribution in [0.5, 0.6) is 11.5 Å². The van der Waals surface area contributed by atoms with Gasteiger partial charge in [0, 0.05) is 58.3 Å². The van der Waals surface area contributed by atoms with Crippen LogP contribution in [-0.2, 0) is 27.1 Å². The number of fused-ring (bicyclic) bond motifs is 3. The Morgan fingerprint density at radius 3 is 1.61 bits per heavy atom. The maximum absolute atomic E-state index is 6.94. The normalized spacial score (nSPS) is 14.1. The van der Waals surface area contributed by atoms with Crippen LogP contribution in [0.2, 0.25) is 0 Å². The predicted molar refractivity (Wildman–Crippen MR) is 264 cm³/mol. The lowest BCUT2D eigenvalue weighted by atomic mass is 9.78. The van der Waals surface area contributed by atoms with Gasteiger partial charge in [-0.05, 0) is 116 Å². The summed E-state index contributed by atoms with van der Waals surface area (Å²) in [6.45, 7) is 32.7. The molecule has 62 heavy (non-hydrogen) atoms. The fraction of sp³-hybridized carbons (Fsp3) is 0.351. The predicted octanol–water partition coefficient (Wildman–Crippen LogP) is 15.2. The van der Waals surface area contributed by atoms with Crippen LogP contribution < -0.4 is 14.5 Å². The minimum atomic E-state index is -0.214. The Morgan fingerprint density at radius 2 is 1.02 bits per heavy atom. The van der Waals surface area contributed by atoms with Crippen LogP contribution in [-0.4, -0.2) is 16.2 Å². The molecular weight excluding hydrogens is 757 g/mol. The fourth-order valence-corrected chi connectivity index (χ4v) is 8.50. The zero-order valence-corrected chi connectivity index (χ0v) is 39.6. The molecule has 0 radical (unpaired) electrons. The molecule has 0 unspecified atom stereocenters. The first-order valence-electron chi connectivity index (χ1n) is 22.3. The van der Waals surface area contributed by atoms with Crippen LogP contribution in [0.1, 0.15) is 130 Å². The van der Waals surface area contributed by atoms with E-state index in [4.69, 9.17) is 9.72 Å². The van der Waals surface area contributed by atoms with E-state index in [2.05, 4.69) is 239 Å². The van der Waals surface area contributed by atoms with E-state index >= 15 is 0 Å². The maximum Gasteiger partial charge on any atom is 0.137 e. The minimum absolute atomic E-state index is 0.00666. The first kappa shape index (κ1) is 42.9. The van der Waals surface area contributed by atoms with Gasteiger partial charge >= 0.3 is 0 Å². The van der Waals surface area contributed by atoms with Gasteiger partial charge in [0.25, 0.3) is 0 Å². The van der Waals surface area contributed by atoms with Crippen molar-refractivity contribution in [2.24, 2.45) is 0 Å². The van der Waals surface area contributed by atoms with E-state index in [-0.39, 0.29) is 27.1 Å². The molecule has 8 rings (SSSR count). The van der Waals surface area contributed by atoms with E-state index in [1.54, 1.807) is 0 Å². The van der Waals surface area contributed by atoms with Crippen LogP contribution in [0, 0.1) is 0 Å². The number of pyridine rings is 1. The van der Waals surface area contributed by atoms with Gasteiger partial charge in [-0.1, -0.05) is 139 Å². The Kier molecular flexibility index (Phi) is 10.5. The zero-order chi connectivity index (χ0) is 44.6. The lowest BCUT2D eigenvalue weighted by molar-refractivity contribution is 0.479. The summed E-state index contributed by atoms with van der Waals surface area (Å²) in [6, 6.07) is 42.4. The van der Waals surface area contributed by atoms with Crippen molar-refractivity contribution in [1.82, 2.24) is 9.55 Å². The van der Waals surface area contributed by atoms with E-state index in [0.717, 1.165) is 34.0 Å². The molecule has 0 spiro atoms. The molecule has 0 saturated heterocycles. The molecule has 320 valence electrons. The SMILES string of the molecule is CC(C)(C)c1cc(Oc2ccc3c4cc(C(C)(C)C)ccc4n(-c4cc(C(C)(C)c5ccccc5)ccn4)c3c2)cc(N2C=CN(c3cc(C(C)(C)C)cc(C(C)(C)C)c3)C2)c1. The molecule has 0 amide bonds. The van der Waals surface area contributed by atoms with Crippen molar-refractivity contribution in [3.05, 3.63) is 167 Å². The molecular formula is C57H66N4O. The number of rotatable bonds is 7. The Morgan fingerprint density at radius 1 is 0.435 bits per heavy atom. The summed E-state index contributed by atoms with van der Waals surface area (Å²) in [6.07, 6.45) is 6.36. The molecule has 7 aromatic rings. The van der Waals surface area contributed by atoms with Gasteiger partial charge in [0.05, 0.1) is 17.7 Å². The summed E-state index contributed by atoms with van der Waals surface area (Å²) in [5, 5.41) is 2.38. The summed E-state index contributed by atoms with van der Waals surface area (Å²) in [5.74, 6) is 2.48. The van der Waals surface area contributed by atoms with Crippen LogP contribution in [0.3, 0.4) is 0 Å². The summed E-state index contributed by atoms with van der Waals surface area (Å²) < 4.78 is 9.26. The van der Waals surface area contributed by atoms with Crippen LogP contribution in [0.4, 0.5) is 11.4 Å². The van der Waals surface area contributed by atoms with Crippen molar-refractivity contribution in [3.8, 4) is 17.3 Å². The smallest absolute Gasteiger partial charge is 0.137 e. The van der Waals surface area contributed by atoms with Crippen molar-refractivity contribution in [1.29, 1.82) is 0 Å². The summed E-state index contributed by atoms with van der Waals surface area (Å²) >= 11 is 0. The van der Waals surface area contributed by atoms with Gasteiger partial charge in [0.15, 0.2) is 0 Å². The third kappa shape index (κ3) is 8.39. The number of hydrogen-bond acceptors (Lipinski definition) is 4. The summed E-state index contributed by atoms with van der Waals surface area (Å²) in [7, 11) is 0. The van der Waals surface area contributed by atoms with Crippen LogP contribution in [0.25, 0.3) is 27.6 Å². The molecule has 1 aliphatic rings. The number of nitrogens with zero attached hydrogens (tertiary/aromatic N) is 4. The monoisotopic (exact) mass is 823 g/mol. The molecule has 0 atom stereocenters. The third-order valence-corrected chi connectivity index (χ3v) is 12.8. The second-order valence-electron chi connectivity index (χ2n) is 22.1. The van der Waals surface area contributed by atoms with E-state index in [1.165, 1.54) is 49.8 Å². The Hall–Kier alpha value is -5.81. The van der Waals surface area contributed by atoms with Crippen LogP contribution >= 0.6 is 0 Å². The molecule has 3 heterocycles. The highest BCUT2D eigenvalue weighted by atomic mass is 16.5. The van der Waals surface area contributed by atoms with Gasteiger partial charge in [0.2, 0.25) is 0 Å². The highest BCUT2D eigenvalue weighted by Gasteiger charge is 2.27. The second-order valence-corrected chi connectivity index (χ2v) is 22.1. The van der Waals surface area contributed by atoms with Crippen molar-refractivity contribution >= 4 is 33.2 Å². The summed E-state index contributed by atoms with van der Waals surface area (Å²) in [4.78, 5) is 9.72. The minimum Gasteiger partial charge on any atom is -0.457 e. The molecule has 0 fully saturated rings. The number of ether oxygens (including phenoxy) is 1. The first-order valence-corrected chi connectivity index (χ1v) is 22.3. The van der Waals surface area contributed by atoms with Crippen molar-refractivity contribution in [2.45, 2.75) is 124 Å². The average Bonchev–Trinajstić information content (AvgIpc) is 3.83. The first-order chi connectivity index (χ1) is 29.0. The van der Waals surface area contributed by atoms with E-state index in [0.29, 0.717) is 6.67 Å². The molecule has 2 aromatic heterocycles. The highest BCUT2D eigenvalue weighted by Crippen LogP contribution is 2.41. The third-order valence-electron chi connectivity index (χ3n) is 12.8. The van der Waals surface area contributed by atoms with Crippen molar-refractivity contribution < 1.29 is 4.74 Å². The molecule has 0 saturated carbocycles. The number of anilines is 2. The average molecular weight is 823 g/mol. The molecule has 0 N–H and O–H groups in total. The van der Waals surface area contributed by atoms with Crippen LogP contribution in [0.15, 0.2) is 134 Å². The fourth-order valence-electron chi connectivity index (χ4n) is 8.50. The van der Waals surface area contributed by atoms with Gasteiger partial charge in [-0.25, -0.2) is 4.98 Å². The largest absolute Gasteiger partial charge is 0.457 e. The van der Waals surface area contributed by atoms with Crippen molar-refractivity contribution in [3.63, 3.8) is 0 Å². The molecule has 1 aliphatic heterocycles. The molecule has 5 nitrogen and oxygen atoms in total. The number of aromatic nitrogens is 2.